The number of anilines is 1. The van der Waals surface area contributed by atoms with E-state index in [9.17, 15) is 22.8 Å². The van der Waals surface area contributed by atoms with Crippen LogP contribution in [0.2, 0.25) is 0 Å². The molecular weight excluding hydrogens is 389 g/mol. The molecule has 2 aromatic carbocycles. The fraction of sp³-hybridized carbons (Fsp3) is 0.300. The molecule has 0 spiro atoms. The van der Waals surface area contributed by atoms with E-state index in [-0.39, 0.29) is 23.3 Å². The van der Waals surface area contributed by atoms with Gasteiger partial charge in [0.1, 0.15) is 18.0 Å². The van der Waals surface area contributed by atoms with Crippen molar-refractivity contribution in [2.75, 3.05) is 5.32 Å². The third-order valence-corrected chi connectivity index (χ3v) is 4.96. The van der Waals surface area contributed by atoms with Crippen molar-refractivity contribution in [3.63, 3.8) is 0 Å². The Kier molecular flexibility index (Phi) is 5.04. The number of hydrogen-bond acceptors (Lipinski definition) is 4. The van der Waals surface area contributed by atoms with Crippen molar-refractivity contribution in [2.24, 2.45) is 5.92 Å². The van der Waals surface area contributed by atoms with Gasteiger partial charge in [-0.3, -0.25) is 9.59 Å². The molecule has 1 saturated carbocycles. The van der Waals surface area contributed by atoms with E-state index >= 15 is 0 Å². The third kappa shape index (κ3) is 3.98. The Hall–Kier alpha value is -3.23. The van der Waals surface area contributed by atoms with Crippen molar-refractivity contribution < 1.29 is 32.2 Å². The van der Waals surface area contributed by atoms with Gasteiger partial charge in [0.05, 0.1) is 0 Å². The fourth-order valence-electron chi connectivity index (χ4n) is 3.43. The molecule has 1 aliphatic heterocycles. The van der Waals surface area contributed by atoms with Crippen LogP contribution < -0.4 is 20.1 Å². The van der Waals surface area contributed by atoms with Crippen molar-refractivity contribution in [1.29, 1.82) is 0 Å². The van der Waals surface area contributed by atoms with Gasteiger partial charge in [0.2, 0.25) is 5.91 Å². The summed E-state index contributed by atoms with van der Waals surface area (Å²) in [5.74, 6) is -2.06. The summed E-state index contributed by atoms with van der Waals surface area (Å²) in [7, 11) is 0. The number of nitrogens with one attached hydrogen (secondary N) is 2. The summed E-state index contributed by atoms with van der Waals surface area (Å²) in [5.41, 5.74) is 1.36. The molecule has 2 amide bonds. The average Bonchev–Trinajstić information content (AvgIpc) is 2.95. The zero-order valence-electron chi connectivity index (χ0n) is 15.0. The predicted octanol–water partition coefficient (Wildman–Crippen LogP) is 3.39. The number of ether oxygens (including phenoxy) is 2. The Balaban J connectivity index is 1.34. The van der Waals surface area contributed by atoms with E-state index < -0.39 is 30.5 Å². The molecule has 1 heterocycles. The number of alkyl halides is 2. The molecular formula is C20H17F3N2O4. The number of carbonyl (C=O) groups is 2. The van der Waals surface area contributed by atoms with Gasteiger partial charge in [-0.05, 0) is 31.0 Å². The van der Waals surface area contributed by atoms with Gasteiger partial charge >= 0.3 is 6.61 Å². The summed E-state index contributed by atoms with van der Waals surface area (Å²) in [4.78, 5) is 24.6. The standard InChI is InChI=1S/C20H17F3N2O4/c21-11-5-6-15(29-20(22)23)16(9-11)28-12-7-10(8-12)18(26)25-17-13-3-1-2-4-14(13)24-19(17)27/h1-6,9-10,12,17,20H,7-8H2,(H,24,27)(H,25,26). The van der Waals surface area contributed by atoms with Crippen molar-refractivity contribution in [3.05, 3.63) is 53.8 Å². The lowest BCUT2D eigenvalue weighted by atomic mass is 9.81. The lowest BCUT2D eigenvalue weighted by Gasteiger charge is -2.35. The molecule has 6 nitrogen and oxygen atoms in total. The molecule has 4 rings (SSSR count). The molecule has 0 saturated heterocycles. The van der Waals surface area contributed by atoms with Crippen LogP contribution in [0.5, 0.6) is 11.5 Å². The Morgan fingerprint density at radius 1 is 1.14 bits per heavy atom. The smallest absolute Gasteiger partial charge is 0.387 e. The van der Waals surface area contributed by atoms with E-state index in [0.29, 0.717) is 24.1 Å². The zero-order valence-corrected chi connectivity index (χ0v) is 15.0. The highest BCUT2D eigenvalue weighted by Gasteiger charge is 2.40. The lowest BCUT2D eigenvalue weighted by Crippen LogP contribution is -2.45. The minimum absolute atomic E-state index is 0.141. The van der Waals surface area contributed by atoms with Crippen LogP contribution in [0, 0.1) is 11.7 Å². The van der Waals surface area contributed by atoms with Gasteiger partial charge in [-0.2, -0.15) is 8.78 Å². The number of para-hydroxylation sites is 1. The van der Waals surface area contributed by atoms with E-state index in [4.69, 9.17) is 4.74 Å². The first-order valence-electron chi connectivity index (χ1n) is 9.02. The van der Waals surface area contributed by atoms with Gasteiger partial charge in [0, 0.05) is 23.2 Å². The first-order valence-corrected chi connectivity index (χ1v) is 9.02. The first kappa shape index (κ1) is 19.1. The van der Waals surface area contributed by atoms with E-state index in [1.54, 1.807) is 24.3 Å². The van der Waals surface area contributed by atoms with Crippen LogP contribution in [0.4, 0.5) is 18.9 Å². The number of rotatable bonds is 6. The summed E-state index contributed by atoms with van der Waals surface area (Å²) in [6.45, 7) is -3.07. The van der Waals surface area contributed by atoms with Crippen molar-refractivity contribution >= 4 is 17.5 Å². The molecule has 9 heteroatoms. The van der Waals surface area contributed by atoms with E-state index in [0.717, 1.165) is 18.2 Å². The van der Waals surface area contributed by atoms with Gasteiger partial charge < -0.3 is 20.1 Å². The fourth-order valence-corrected chi connectivity index (χ4v) is 3.43. The zero-order chi connectivity index (χ0) is 20.5. The average molecular weight is 406 g/mol. The lowest BCUT2D eigenvalue weighted by molar-refractivity contribution is -0.133. The monoisotopic (exact) mass is 406 g/mol. The van der Waals surface area contributed by atoms with Gasteiger partial charge in [-0.15, -0.1) is 0 Å². The second kappa shape index (κ2) is 7.65. The SMILES string of the molecule is O=C(NC1C(=O)Nc2ccccc21)C1CC(Oc2cc(F)ccc2OC(F)F)C1. The Labute approximate surface area is 164 Å². The van der Waals surface area contributed by atoms with Crippen LogP contribution in [-0.2, 0) is 9.59 Å². The van der Waals surface area contributed by atoms with Gasteiger partial charge in [-0.25, -0.2) is 4.39 Å². The number of amides is 2. The quantitative estimate of drug-likeness (QED) is 0.771. The molecule has 0 radical (unpaired) electrons. The highest BCUT2D eigenvalue weighted by atomic mass is 19.3. The Bertz CT molecular complexity index is 947. The largest absolute Gasteiger partial charge is 0.486 e. The van der Waals surface area contributed by atoms with Crippen LogP contribution >= 0.6 is 0 Å². The van der Waals surface area contributed by atoms with Crippen molar-refractivity contribution in [3.8, 4) is 11.5 Å². The molecule has 1 fully saturated rings. The second-order valence-electron chi connectivity index (χ2n) is 6.90. The summed E-state index contributed by atoms with van der Waals surface area (Å²) >= 11 is 0. The minimum atomic E-state index is -3.07. The minimum Gasteiger partial charge on any atom is -0.486 e. The van der Waals surface area contributed by atoms with Crippen LogP contribution in [0.1, 0.15) is 24.4 Å². The maximum absolute atomic E-state index is 13.4. The second-order valence-corrected chi connectivity index (χ2v) is 6.90. The Morgan fingerprint density at radius 2 is 1.90 bits per heavy atom. The number of halogens is 3. The van der Waals surface area contributed by atoms with Gasteiger partial charge in [-0.1, -0.05) is 18.2 Å². The molecule has 1 unspecified atom stereocenters. The van der Waals surface area contributed by atoms with Crippen LogP contribution in [-0.4, -0.2) is 24.5 Å². The maximum atomic E-state index is 13.4. The molecule has 2 aromatic rings. The molecule has 152 valence electrons. The first-order chi connectivity index (χ1) is 13.9. The number of fused-ring (bicyclic) bond motifs is 1. The van der Waals surface area contributed by atoms with Crippen molar-refractivity contribution in [1.82, 2.24) is 5.32 Å². The van der Waals surface area contributed by atoms with Gasteiger partial charge in [0.15, 0.2) is 11.5 Å². The van der Waals surface area contributed by atoms with E-state index in [1.807, 2.05) is 0 Å². The van der Waals surface area contributed by atoms with E-state index in [1.165, 1.54) is 0 Å². The highest BCUT2D eigenvalue weighted by Crippen LogP contribution is 2.37. The van der Waals surface area contributed by atoms with Crippen molar-refractivity contribution in [2.45, 2.75) is 31.6 Å². The maximum Gasteiger partial charge on any atom is 0.387 e. The normalized spacial score (nSPS) is 22.5. The van der Waals surface area contributed by atoms with Crippen LogP contribution in [0.15, 0.2) is 42.5 Å². The number of hydrogen-bond donors (Lipinski definition) is 2. The molecule has 2 N–H and O–H groups in total. The number of carbonyl (C=O) groups excluding carboxylic acids is 2. The molecule has 1 aliphatic carbocycles. The summed E-state index contributed by atoms with van der Waals surface area (Å²) in [5, 5.41) is 5.43. The predicted molar refractivity (Wildman–Crippen MR) is 96.1 cm³/mol. The summed E-state index contributed by atoms with van der Waals surface area (Å²) in [6, 6.07) is 9.35. The molecule has 1 atom stereocenters. The van der Waals surface area contributed by atoms with Crippen LogP contribution in [0.3, 0.4) is 0 Å². The molecule has 0 aromatic heterocycles. The van der Waals surface area contributed by atoms with Gasteiger partial charge in [0.25, 0.3) is 5.91 Å². The van der Waals surface area contributed by atoms with Crippen LogP contribution in [0.25, 0.3) is 0 Å². The summed E-state index contributed by atoms with van der Waals surface area (Å²) < 4.78 is 48.2. The molecule has 2 aliphatic rings. The van der Waals surface area contributed by atoms with E-state index in [2.05, 4.69) is 15.4 Å². The molecule has 29 heavy (non-hydrogen) atoms. The Morgan fingerprint density at radius 3 is 2.66 bits per heavy atom. The third-order valence-electron chi connectivity index (χ3n) is 4.96. The molecule has 0 bridgehead atoms. The number of benzene rings is 2. The highest BCUT2D eigenvalue weighted by molar-refractivity contribution is 6.04. The summed E-state index contributed by atoms with van der Waals surface area (Å²) in [6.07, 6.45) is 0.177. The topological polar surface area (TPSA) is 76.7 Å².